The minimum absolute atomic E-state index is 0.263. The maximum absolute atomic E-state index is 13.3. The zero-order valence-electron chi connectivity index (χ0n) is 18.0. The van der Waals surface area contributed by atoms with Crippen LogP contribution < -0.4 is 5.32 Å². The van der Waals surface area contributed by atoms with Crippen molar-refractivity contribution in [2.24, 2.45) is 0 Å². The molecule has 0 saturated heterocycles. The van der Waals surface area contributed by atoms with Gasteiger partial charge in [-0.1, -0.05) is 46.2 Å². The topological polar surface area (TPSA) is 94.1 Å². The van der Waals surface area contributed by atoms with Gasteiger partial charge >= 0.3 is 0 Å². The molecule has 4 rings (SSSR count). The summed E-state index contributed by atoms with van der Waals surface area (Å²) in [5.41, 5.74) is 5.69. The van der Waals surface area contributed by atoms with E-state index in [1.165, 1.54) is 0 Å². The average molecular weight is 416 g/mol. The standard InChI is InChI=1S/C24H24N4O3/c1-14-7-9-18(10-8-14)22(19-6-5-11-25-13-19)26-24(29)23-21(17(4)31-28-23)12-20-15(2)27-30-16(20)3/h5-11,13,22H,12H2,1-4H3,(H,26,29). The predicted molar refractivity (Wildman–Crippen MR) is 115 cm³/mol. The molecule has 0 aliphatic carbocycles. The molecule has 3 aromatic heterocycles. The van der Waals surface area contributed by atoms with E-state index in [0.29, 0.717) is 12.2 Å². The highest BCUT2D eigenvalue weighted by Gasteiger charge is 2.25. The summed E-state index contributed by atoms with van der Waals surface area (Å²) in [6.45, 7) is 7.56. The number of hydrogen-bond donors (Lipinski definition) is 1. The summed E-state index contributed by atoms with van der Waals surface area (Å²) in [7, 11) is 0. The van der Waals surface area contributed by atoms with Crippen molar-refractivity contribution in [3.8, 4) is 0 Å². The van der Waals surface area contributed by atoms with Crippen molar-refractivity contribution in [3.63, 3.8) is 0 Å². The van der Waals surface area contributed by atoms with Gasteiger partial charge in [0.05, 0.1) is 11.7 Å². The van der Waals surface area contributed by atoms with E-state index in [1.54, 1.807) is 19.3 Å². The Labute approximate surface area is 180 Å². The lowest BCUT2D eigenvalue weighted by Crippen LogP contribution is -2.30. The van der Waals surface area contributed by atoms with Gasteiger partial charge in [-0.25, -0.2) is 0 Å². The Morgan fingerprint density at radius 3 is 2.29 bits per heavy atom. The second-order valence-electron chi connectivity index (χ2n) is 7.65. The van der Waals surface area contributed by atoms with Gasteiger partial charge in [-0.2, -0.15) is 0 Å². The molecule has 3 heterocycles. The van der Waals surface area contributed by atoms with Gasteiger partial charge < -0.3 is 14.4 Å². The molecule has 0 aliphatic heterocycles. The highest BCUT2D eigenvalue weighted by molar-refractivity contribution is 5.94. The highest BCUT2D eigenvalue weighted by Crippen LogP contribution is 2.25. The number of rotatable bonds is 6. The molecule has 1 unspecified atom stereocenters. The quantitative estimate of drug-likeness (QED) is 0.501. The van der Waals surface area contributed by atoms with Crippen LogP contribution in [0.5, 0.6) is 0 Å². The monoisotopic (exact) mass is 416 g/mol. The van der Waals surface area contributed by atoms with Crippen LogP contribution >= 0.6 is 0 Å². The third kappa shape index (κ3) is 4.26. The van der Waals surface area contributed by atoms with Crippen LogP contribution in [0.3, 0.4) is 0 Å². The summed E-state index contributed by atoms with van der Waals surface area (Å²) in [6.07, 6.45) is 3.92. The highest BCUT2D eigenvalue weighted by atomic mass is 16.5. The summed E-state index contributed by atoms with van der Waals surface area (Å²) in [6, 6.07) is 11.5. The molecule has 4 aromatic rings. The molecular weight excluding hydrogens is 392 g/mol. The fraction of sp³-hybridized carbons (Fsp3) is 0.250. The first-order valence-electron chi connectivity index (χ1n) is 10.1. The van der Waals surface area contributed by atoms with Crippen LogP contribution in [0.1, 0.15) is 61.6 Å². The van der Waals surface area contributed by atoms with E-state index < -0.39 is 0 Å². The molecule has 158 valence electrons. The lowest BCUT2D eigenvalue weighted by atomic mass is 9.98. The number of nitrogens with one attached hydrogen (secondary N) is 1. The van der Waals surface area contributed by atoms with E-state index in [4.69, 9.17) is 9.05 Å². The zero-order chi connectivity index (χ0) is 22.0. The van der Waals surface area contributed by atoms with Crippen molar-refractivity contribution in [1.82, 2.24) is 20.6 Å². The van der Waals surface area contributed by atoms with Gasteiger partial charge in [0.25, 0.3) is 5.91 Å². The van der Waals surface area contributed by atoms with Crippen LogP contribution in [0.25, 0.3) is 0 Å². The molecule has 0 bridgehead atoms. The van der Waals surface area contributed by atoms with Gasteiger partial charge in [0.15, 0.2) is 5.69 Å². The predicted octanol–water partition coefficient (Wildman–Crippen LogP) is 4.40. The van der Waals surface area contributed by atoms with Crippen LogP contribution in [0.2, 0.25) is 0 Å². The van der Waals surface area contributed by atoms with Crippen LogP contribution in [-0.4, -0.2) is 21.2 Å². The first kappa shape index (κ1) is 20.5. The van der Waals surface area contributed by atoms with Crippen molar-refractivity contribution in [2.75, 3.05) is 0 Å². The number of carbonyl (C=O) groups is 1. The molecule has 0 radical (unpaired) electrons. The van der Waals surface area contributed by atoms with E-state index in [9.17, 15) is 4.79 Å². The Bertz CT molecular complexity index is 1170. The number of amides is 1. The Balaban J connectivity index is 1.66. The molecule has 0 spiro atoms. The molecule has 0 fully saturated rings. The lowest BCUT2D eigenvalue weighted by Gasteiger charge is -2.19. The fourth-order valence-electron chi connectivity index (χ4n) is 3.57. The third-order valence-corrected chi connectivity index (χ3v) is 5.44. The van der Waals surface area contributed by atoms with Gasteiger partial charge in [-0.05, 0) is 44.9 Å². The van der Waals surface area contributed by atoms with Crippen LogP contribution in [-0.2, 0) is 6.42 Å². The molecule has 31 heavy (non-hydrogen) atoms. The first-order valence-corrected chi connectivity index (χ1v) is 10.1. The van der Waals surface area contributed by atoms with E-state index in [0.717, 1.165) is 39.3 Å². The van der Waals surface area contributed by atoms with Crippen LogP contribution in [0.4, 0.5) is 0 Å². The minimum Gasteiger partial charge on any atom is -0.361 e. The van der Waals surface area contributed by atoms with Crippen molar-refractivity contribution in [3.05, 3.63) is 99.5 Å². The molecular formula is C24H24N4O3. The maximum atomic E-state index is 13.3. The smallest absolute Gasteiger partial charge is 0.274 e. The molecule has 0 saturated carbocycles. The number of nitrogens with zero attached hydrogens (tertiary/aromatic N) is 3. The number of aromatic nitrogens is 3. The molecule has 1 N–H and O–H groups in total. The normalized spacial score (nSPS) is 12.0. The van der Waals surface area contributed by atoms with E-state index in [2.05, 4.69) is 20.6 Å². The van der Waals surface area contributed by atoms with Gasteiger partial charge in [0.1, 0.15) is 11.5 Å². The number of pyridine rings is 1. The van der Waals surface area contributed by atoms with Gasteiger partial charge in [0, 0.05) is 29.9 Å². The van der Waals surface area contributed by atoms with Crippen LogP contribution in [0, 0.1) is 27.7 Å². The largest absolute Gasteiger partial charge is 0.361 e. The summed E-state index contributed by atoms with van der Waals surface area (Å²) in [5, 5.41) is 11.2. The molecule has 7 nitrogen and oxygen atoms in total. The van der Waals surface area contributed by atoms with Gasteiger partial charge in [-0.3, -0.25) is 9.78 Å². The Hall–Kier alpha value is -3.74. The number of hydrogen-bond acceptors (Lipinski definition) is 6. The fourth-order valence-corrected chi connectivity index (χ4v) is 3.57. The van der Waals surface area contributed by atoms with E-state index in [1.807, 2.05) is 57.2 Å². The molecule has 7 heteroatoms. The molecule has 1 amide bonds. The summed E-state index contributed by atoms with van der Waals surface area (Å²) in [5.74, 6) is 1.00. The first-order chi connectivity index (χ1) is 14.9. The SMILES string of the molecule is Cc1ccc(C(NC(=O)c2noc(C)c2Cc2c(C)noc2C)c2cccnc2)cc1. The Morgan fingerprint density at radius 2 is 1.65 bits per heavy atom. The number of aryl methyl sites for hydroxylation is 4. The summed E-state index contributed by atoms with van der Waals surface area (Å²) < 4.78 is 10.6. The molecule has 1 aromatic carbocycles. The van der Waals surface area contributed by atoms with Crippen molar-refractivity contribution in [1.29, 1.82) is 0 Å². The number of benzene rings is 1. The van der Waals surface area contributed by atoms with Gasteiger partial charge in [0.2, 0.25) is 0 Å². The summed E-state index contributed by atoms with van der Waals surface area (Å²) >= 11 is 0. The van der Waals surface area contributed by atoms with Crippen LogP contribution in [0.15, 0.2) is 57.8 Å². The van der Waals surface area contributed by atoms with Gasteiger partial charge in [-0.15, -0.1) is 0 Å². The summed E-state index contributed by atoms with van der Waals surface area (Å²) in [4.78, 5) is 17.5. The van der Waals surface area contributed by atoms with E-state index in [-0.39, 0.29) is 17.6 Å². The second kappa shape index (κ2) is 8.55. The van der Waals surface area contributed by atoms with Crippen molar-refractivity contribution < 1.29 is 13.8 Å². The Kier molecular flexibility index (Phi) is 5.66. The zero-order valence-corrected chi connectivity index (χ0v) is 18.0. The molecule has 1 atom stereocenters. The number of carbonyl (C=O) groups excluding carboxylic acids is 1. The van der Waals surface area contributed by atoms with E-state index >= 15 is 0 Å². The second-order valence-corrected chi connectivity index (χ2v) is 7.65. The minimum atomic E-state index is -0.370. The average Bonchev–Trinajstić information content (AvgIpc) is 3.30. The maximum Gasteiger partial charge on any atom is 0.274 e. The third-order valence-electron chi connectivity index (χ3n) is 5.44. The Morgan fingerprint density at radius 1 is 0.935 bits per heavy atom. The van der Waals surface area contributed by atoms with Crippen molar-refractivity contribution in [2.45, 2.75) is 40.2 Å². The lowest BCUT2D eigenvalue weighted by molar-refractivity contribution is 0.0933. The van der Waals surface area contributed by atoms with Crippen molar-refractivity contribution >= 4 is 5.91 Å². The molecule has 0 aliphatic rings.